The highest BCUT2D eigenvalue weighted by Crippen LogP contribution is 2.42. The van der Waals surface area contributed by atoms with Crippen LogP contribution in [0.1, 0.15) is 40.5 Å². The first kappa shape index (κ1) is 14.9. The van der Waals surface area contributed by atoms with Crippen LogP contribution in [-0.4, -0.2) is 39.0 Å². The van der Waals surface area contributed by atoms with Crippen LogP contribution in [0.4, 0.5) is 0 Å². The molecule has 0 bridgehead atoms. The van der Waals surface area contributed by atoms with Gasteiger partial charge in [0.25, 0.3) is 0 Å². The van der Waals surface area contributed by atoms with Crippen molar-refractivity contribution in [2.45, 2.75) is 52.7 Å². The normalized spacial score (nSPS) is 27.2. The SMILES string of the molecule is COCCCNC1CC(OCC(C)C)C1(C)C. The van der Waals surface area contributed by atoms with Gasteiger partial charge in [-0.1, -0.05) is 27.7 Å². The third kappa shape index (κ3) is 4.23. The van der Waals surface area contributed by atoms with E-state index in [9.17, 15) is 0 Å². The van der Waals surface area contributed by atoms with Crippen LogP contribution in [0.3, 0.4) is 0 Å². The second kappa shape index (κ2) is 6.72. The van der Waals surface area contributed by atoms with Crippen LogP contribution in [0, 0.1) is 11.3 Å². The molecule has 0 aromatic heterocycles. The van der Waals surface area contributed by atoms with Crippen molar-refractivity contribution in [2.24, 2.45) is 11.3 Å². The van der Waals surface area contributed by atoms with Crippen molar-refractivity contribution in [3.8, 4) is 0 Å². The molecule has 0 aromatic carbocycles. The molecule has 1 N–H and O–H groups in total. The third-order valence-corrected chi connectivity index (χ3v) is 3.72. The molecule has 0 radical (unpaired) electrons. The van der Waals surface area contributed by atoms with E-state index in [-0.39, 0.29) is 5.41 Å². The van der Waals surface area contributed by atoms with E-state index in [1.165, 1.54) is 0 Å². The Hall–Kier alpha value is -0.120. The van der Waals surface area contributed by atoms with Gasteiger partial charge < -0.3 is 14.8 Å². The molecular weight excluding hydrogens is 214 g/mol. The minimum absolute atomic E-state index is 0.266. The predicted octanol–water partition coefficient (Wildman–Crippen LogP) is 2.45. The second-order valence-corrected chi connectivity index (χ2v) is 6.13. The maximum Gasteiger partial charge on any atom is 0.0656 e. The molecule has 1 aliphatic rings. The Balaban J connectivity index is 2.19. The number of nitrogens with one attached hydrogen (secondary N) is 1. The zero-order valence-corrected chi connectivity index (χ0v) is 12.1. The molecule has 0 spiro atoms. The first-order chi connectivity index (χ1) is 7.98. The first-order valence-corrected chi connectivity index (χ1v) is 6.82. The summed E-state index contributed by atoms with van der Waals surface area (Å²) in [6, 6.07) is 0.594. The van der Waals surface area contributed by atoms with E-state index in [4.69, 9.17) is 9.47 Å². The smallest absolute Gasteiger partial charge is 0.0656 e. The Morgan fingerprint density at radius 3 is 2.59 bits per heavy atom. The molecule has 1 rings (SSSR count). The van der Waals surface area contributed by atoms with Crippen molar-refractivity contribution >= 4 is 0 Å². The van der Waals surface area contributed by atoms with Gasteiger partial charge in [-0.05, 0) is 25.3 Å². The minimum Gasteiger partial charge on any atom is -0.385 e. The van der Waals surface area contributed by atoms with Crippen LogP contribution in [0.2, 0.25) is 0 Å². The van der Waals surface area contributed by atoms with Crippen molar-refractivity contribution in [1.29, 1.82) is 0 Å². The molecular formula is C14H29NO2. The molecule has 0 aliphatic heterocycles. The van der Waals surface area contributed by atoms with Crippen LogP contribution < -0.4 is 5.32 Å². The quantitative estimate of drug-likeness (QED) is 0.664. The van der Waals surface area contributed by atoms with Gasteiger partial charge >= 0.3 is 0 Å². The third-order valence-electron chi connectivity index (χ3n) is 3.72. The van der Waals surface area contributed by atoms with Crippen LogP contribution in [-0.2, 0) is 9.47 Å². The Bertz CT molecular complexity index is 216. The molecule has 0 amide bonds. The van der Waals surface area contributed by atoms with Gasteiger partial charge in [-0.2, -0.15) is 0 Å². The van der Waals surface area contributed by atoms with Crippen molar-refractivity contribution in [1.82, 2.24) is 5.32 Å². The van der Waals surface area contributed by atoms with Gasteiger partial charge in [-0.25, -0.2) is 0 Å². The van der Waals surface area contributed by atoms with E-state index in [2.05, 4.69) is 33.0 Å². The van der Waals surface area contributed by atoms with Crippen molar-refractivity contribution in [3.63, 3.8) is 0 Å². The second-order valence-electron chi connectivity index (χ2n) is 6.13. The minimum atomic E-state index is 0.266. The number of rotatable bonds is 8. The molecule has 0 heterocycles. The van der Waals surface area contributed by atoms with E-state index < -0.39 is 0 Å². The van der Waals surface area contributed by atoms with Gasteiger partial charge in [0.15, 0.2) is 0 Å². The number of methoxy groups -OCH3 is 1. The monoisotopic (exact) mass is 243 g/mol. The lowest BCUT2D eigenvalue weighted by molar-refractivity contribution is -0.123. The summed E-state index contributed by atoms with van der Waals surface area (Å²) < 4.78 is 11.0. The lowest BCUT2D eigenvalue weighted by Crippen LogP contribution is -2.61. The molecule has 3 heteroatoms. The average molecular weight is 243 g/mol. The maximum absolute atomic E-state index is 5.95. The highest BCUT2D eigenvalue weighted by Gasteiger charge is 2.48. The molecule has 3 nitrogen and oxygen atoms in total. The zero-order valence-electron chi connectivity index (χ0n) is 12.1. The molecule has 17 heavy (non-hydrogen) atoms. The van der Waals surface area contributed by atoms with Gasteiger partial charge in [-0.15, -0.1) is 0 Å². The molecule has 0 saturated heterocycles. The standard InChI is InChI=1S/C14H29NO2/c1-11(2)10-17-13-9-12(14(13,3)4)15-7-6-8-16-5/h11-13,15H,6-10H2,1-5H3. The van der Waals surface area contributed by atoms with Gasteiger partial charge in [0.05, 0.1) is 6.10 Å². The Morgan fingerprint density at radius 1 is 1.35 bits per heavy atom. The summed E-state index contributed by atoms with van der Waals surface area (Å²) in [6.45, 7) is 11.8. The Kier molecular flexibility index (Phi) is 5.90. The highest BCUT2D eigenvalue weighted by molar-refractivity contribution is 5.02. The summed E-state index contributed by atoms with van der Waals surface area (Å²) in [5.74, 6) is 0.625. The number of hydrogen-bond acceptors (Lipinski definition) is 3. The van der Waals surface area contributed by atoms with Gasteiger partial charge in [0.2, 0.25) is 0 Å². The largest absolute Gasteiger partial charge is 0.385 e. The predicted molar refractivity (Wildman–Crippen MR) is 71.3 cm³/mol. The van der Waals surface area contributed by atoms with Crippen molar-refractivity contribution in [2.75, 3.05) is 26.9 Å². The summed E-state index contributed by atoms with van der Waals surface area (Å²) in [6.07, 6.45) is 2.65. The lowest BCUT2D eigenvalue weighted by atomic mass is 9.64. The summed E-state index contributed by atoms with van der Waals surface area (Å²) in [7, 11) is 1.75. The Morgan fingerprint density at radius 2 is 2.06 bits per heavy atom. The number of hydrogen-bond donors (Lipinski definition) is 1. The molecule has 1 fully saturated rings. The van der Waals surface area contributed by atoms with E-state index in [1.807, 2.05) is 0 Å². The van der Waals surface area contributed by atoms with Crippen LogP contribution in [0.5, 0.6) is 0 Å². The average Bonchev–Trinajstić information content (AvgIpc) is 2.25. The summed E-state index contributed by atoms with van der Waals surface area (Å²) in [4.78, 5) is 0. The van der Waals surface area contributed by atoms with Gasteiger partial charge in [0, 0.05) is 31.8 Å². The van der Waals surface area contributed by atoms with E-state index in [1.54, 1.807) is 7.11 Å². The molecule has 2 unspecified atom stereocenters. The number of ether oxygens (including phenoxy) is 2. The fourth-order valence-corrected chi connectivity index (χ4v) is 2.32. The zero-order chi connectivity index (χ0) is 12.9. The maximum atomic E-state index is 5.95. The molecule has 0 aromatic rings. The fourth-order valence-electron chi connectivity index (χ4n) is 2.32. The molecule has 2 atom stereocenters. The summed E-state index contributed by atoms with van der Waals surface area (Å²) in [5, 5.41) is 3.60. The van der Waals surface area contributed by atoms with E-state index in [0.29, 0.717) is 18.1 Å². The summed E-state index contributed by atoms with van der Waals surface area (Å²) in [5.41, 5.74) is 0.266. The highest BCUT2D eigenvalue weighted by atomic mass is 16.5. The van der Waals surface area contributed by atoms with E-state index >= 15 is 0 Å². The first-order valence-electron chi connectivity index (χ1n) is 6.82. The van der Waals surface area contributed by atoms with Crippen molar-refractivity contribution in [3.05, 3.63) is 0 Å². The topological polar surface area (TPSA) is 30.5 Å². The molecule has 102 valence electrons. The van der Waals surface area contributed by atoms with E-state index in [0.717, 1.165) is 32.6 Å². The fraction of sp³-hybridized carbons (Fsp3) is 1.00. The lowest BCUT2D eigenvalue weighted by Gasteiger charge is -2.52. The van der Waals surface area contributed by atoms with Crippen LogP contribution >= 0.6 is 0 Å². The van der Waals surface area contributed by atoms with Crippen LogP contribution in [0.15, 0.2) is 0 Å². The van der Waals surface area contributed by atoms with Crippen molar-refractivity contribution < 1.29 is 9.47 Å². The Labute approximate surface area is 106 Å². The van der Waals surface area contributed by atoms with Gasteiger partial charge in [0.1, 0.15) is 0 Å². The van der Waals surface area contributed by atoms with Crippen LogP contribution in [0.25, 0.3) is 0 Å². The summed E-state index contributed by atoms with van der Waals surface area (Å²) >= 11 is 0. The molecule has 1 aliphatic carbocycles. The van der Waals surface area contributed by atoms with Gasteiger partial charge in [-0.3, -0.25) is 0 Å². The molecule has 1 saturated carbocycles.